The second kappa shape index (κ2) is 6.01. The zero-order valence-corrected chi connectivity index (χ0v) is 11.5. The van der Waals surface area contributed by atoms with Crippen LogP contribution in [-0.4, -0.2) is 25.3 Å². The van der Waals surface area contributed by atoms with Crippen molar-refractivity contribution in [3.8, 4) is 11.5 Å². The van der Waals surface area contributed by atoms with Crippen molar-refractivity contribution in [2.75, 3.05) is 14.2 Å². The normalized spacial score (nSPS) is 12.1. The summed E-state index contributed by atoms with van der Waals surface area (Å²) >= 11 is 3.14. The Kier molecular flexibility index (Phi) is 4.92. The van der Waals surface area contributed by atoms with Crippen LogP contribution in [0.5, 0.6) is 11.5 Å². The summed E-state index contributed by atoms with van der Waals surface area (Å²) in [6.07, 6.45) is -0.325. The molecule has 5 nitrogen and oxygen atoms in total. The summed E-state index contributed by atoms with van der Waals surface area (Å²) < 4.78 is 24.0. The van der Waals surface area contributed by atoms with Crippen LogP contribution in [0.4, 0.5) is 4.39 Å². The van der Waals surface area contributed by atoms with E-state index in [4.69, 9.17) is 20.3 Å². The zero-order chi connectivity index (χ0) is 13.9. The van der Waals surface area contributed by atoms with Gasteiger partial charge in [0.2, 0.25) is 0 Å². The summed E-state index contributed by atoms with van der Waals surface area (Å²) in [5.41, 5.74) is 5.98. The molecule has 0 fully saturated rings. The van der Waals surface area contributed by atoms with Crippen LogP contribution in [0.2, 0.25) is 0 Å². The monoisotopic (exact) mass is 321 g/mol. The van der Waals surface area contributed by atoms with Crippen LogP contribution in [0.15, 0.2) is 10.5 Å². The molecule has 7 heteroatoms. The molecule has 0 saturated heterocycles. The number of hydrogen-bond acceptors (Lipinski definition) is 4. The molecule has 18 heavy (non-hydrogen) atoms. The van der Waals surface area contributed by atoms with Crippen LogP contribution in [-0.2, 0) is 4.79 Å². The molecule has 0 spiro atoms. The van der Waals surface area contributed by atoms with Crippen LogP contribution in [0.1, 0.15) is 18.0 Å². The Bertz CT molecular complexity index is 467. The summed E-state index contributed by atoms with van der Waals surface area (Å²) in [6, 6.07) is 0.255. The molecule has 3 N–H and O–H groups in total. The second-order valence-corrected chi connectivity index (χ2v) is 4.33. The Hall–Kier alpha value is -1.34. The molecule has 100 valence electrons. The van der Waals surface area contributed by atoms with E-state index in [9.17, 15) is 9.18 Å². The van der Waals surface area contributed by atoms with Crippen molar-refractivity contribution in [3.63, 3.8) is 0 Å². The van der Waals surface area contributed by atoms with Crippen LogP contribution in [0.3, 0.4) is 0 Å². The van der Waals surface area contributed by atoms with Crippen molar-refractivity contribution >= 4 is 21.9 Å². The summed E-state index contributed by atoms with van der Waals surface area (Å²) in [5.74, 6) is -1.46. The Morgan fingerprint density at radius 2 is 2.06 bits per heavy atom. The number of benzene rings is 1. The van der Waals surface area contributed by atoms with Crippen LogP contribution < -0.4 is 15.2 Å². The average Bonchev–Trinajstić information content (AvgIpc) is 2.28. The maximum Gasteiger partial charge on any atom is 0.305 e. The van der Waals surface area contributed by atoms with Crippen molar-refractivity contribution in [1.29, 1.82) is 0 Å². The predicted molar refractivity (Wildman–Crippen MR) is 66.4 cm³/mol. The lowest BCUT2D eigenvalue weighted by molar-refractivity contribution is -0.137. The van der Waals surface area contributed by atoms with E-state index in [1.807, 2.05) is 0 Å². The van der Waals surface area contributed by atoms with E-state index in [1.165, 1.54) is 14.2 Å². The SMILES string of the molecule is COc1c(F)cc(C(N)CC(=O)O)c(OC)c1Br. The smallest absolute Gasteiger partial charge is 0.305 e. The van der Waals surface area contributed by atoms with Gasteiger partial charge in [-0.05, 0) is 22.0 Å². The van der Waals surface area contributed by atoms with Gasteiger partial charge in [-0.25, -0.2) is 4.39 Å². The Balaban J connectivity index is 3.31. The van der Waals surface area contributed by atoms with E-state index in [0.29, 0.717) is 0 Å². The first-order chi connectivity index (χ1) is 8.42. The molecule has 1 atom stereocenters. The van der Waals surface area contributed by atoms with Gasteiger partial charge in [0.1, 0.15) is 10.2 Å². The minimum atomic E-state index is -1.07. The number of hydrogen-bond donors (Lipinski definition) is 2. The van der Waals surface area contributed by atoms with Gasteiger partial charge in [0.25, 0.3) is 0 Å². The van der Waals surface area contributed by atoms with E-state index >= 15 is 0 Å². The van der Waals surface area contributed by atoms with Crippen LogP contribution in [0, 0.1) is 5.82 Å². The molecule has 0 saturated carbocycles. The highest BCUT2D eigenvalue weighted by molar-refractivity contribution is 9.10. The highest BCUT2D eigenvalue weighted by atomic mass is 79.9. The molecule has 1 aromatic carbocycles. The number of methoxy groups -OCH3 is 2. The van der Waals surface area contributed by atoms with E-state index in [1.54, 1.807) is 0 Å². The van der Waals surface area contributed by atoms with Crippen molar-refractivity contribution < 1.29 is 23.8 Å². The molecular weight excluding hydrogens is 309 g/mol. The third-order valence-electron chi connectivity index (χ3n) is 2.36. The molecule has 0 bridgehead atoms. The fourth-order valence-electron chi connectivity index (χ4n) is 1.57. The van der Waals surface area contributed by atoms with E-state index in [-0.39, 0.29) is 28.0 Å². The molecule has 0 aliphatic carbocycles. The summed E-state index contributed by atoms with van der Waals surface area (Å²) in [7, 11) is 2.70. The van der Waals surface area contributed by atoms with Gasteiger partial charge in [-0.15, -0.1) is 0 Å². The van der Waals surface area contributed by atoms with Crippen molar-refractivity contribution in [3.05, 3.63) is 21.9 Å². The quantitative estimate of drug-likeness (QED) is 0.867. The van der Waals surface area contributed by atoms with Crippen LogP contribution in [0.25, 0.3) is 0 Å². The van der Waals surface area contributed by atoms with Crippen molar-refractivity contribution in [2.24, 2.45) is 5.73 Å². The van der Waals surface area contributed by atoms with Gasteiger partial charge < -0.3 is 20.3 Å². The molecule has 1 aromatic rings. The standard InChI is InChI=1S/C11H13BrFNO4/c1-17-10-5(7(14)4-8(15)16)3-6(13)11(18-2)9(10)12/h3,7H,4,14H2,1-2H3,(H,15,16). The fourth-order valence-corrected chi connectivity index (χ4v) is 2.31. The minimum Gasteiger partial charge on any atom is -0.495 e. The van der Waals surface area contributed by atoms with Gasteiger partial charge in [-0.3, -0.25) is 4.79 Å². The number of halogens is 2. The summed E-state index contributed by atoms with van der Waals surface area (Å²) in [6.45, 7) is 0. The molecule has 0 amide bonds. The Morgan fingerprint density at radius 1 is 1.50 bits per heavy atom. The van der Waals surface area contributed by atoms with E-state index in [2.05, 4.69) is 15.9 Å². The summed E-state index contributed by atoms with van der Waals surface area (Å²) in [5, 5.41) is 8.70. The van der Waals surface area contributed by atoms with E-state index in [0.717, 1.165) is 6.07 Å². The van der Waals surface area contributed by atoms with Gasteiger partial charge in [-0.2, -0.15) is 0 Å². The van der Waals surface area contributed by atoms with E-state index < -0.39 is 17.8 Å². The molecule has 1 unspecified atom stereocenters. The third-order valence-corrected chi connectivity index (χ3v) is 3.08. The lowest BCUT2D eigenvalue weighted by atomic mass is 10.0. The predicted octanol–water partition coefficient (Wildman–Crippen LogP) is 2.08. The molecule has 1 rings (SSSR count). The topological polar surface area (TPSA) is 81.8 Å². The number of ether oxygens (including phenoxy) is 2. The van der Waals surface area contributed by atoms with Crippen molar-refractivity contribution in [2.45, 2.75) is 12.5 Å². The first-order valence-electron chi connectivity index (χ1n) is 4.99. The van der Waals surface area contributed by atoms with Crippen LogP contribution >= 0.6 is 15.9 Å². The van der Waals surface area contributed by atoms with Crippen molar-refractivity contribution in [1.82, 2.24) is 0 Å². The van der Waals surface area contributed by atoms with Gasteiger partial charge >= 0.3 is 5.97 Å². The largest absolute Gasteiger partial charge is 0.495 e. The highest BCUT2D eigenvalue weighted by Crippen LogP contribution is 2.41. The van der Waals surface area contributed by atoms with Gasteiger partial charge in [0.05, 0.1) is 20.6 Å². The molecule has 0 heterocycles. The molecule has 0 radical (unpaired) electrons. The fraction of sp³-hybridized carbons (Fsp3) is 0.364. The summed E-state index contributed by atoms with van der Waals surface area (Å²) in [4.78, 5) is 10.6. The molecule has 0 aliphatic rings. The lowest BCUT2D eigenvalue weighted by Gasteiger charge is -2.17. The number of rotatable bonds is 5. The van der Waals surface area contributed by atoms with Gasteiger partial charge in [-0.1, -0.05) is 0 Å². The van der Waals surface area contributed by atoms with Gasteiger partial charge in [0, 0.05) is 11.6 Å². The molecule has 0 aliphatic heterocycles. The number of carboxylic acid groups (broad SMARTS) is 1. The Morgan fingerprint density at radius 3 is 2.50 bits per heavy atom. The average molecular weight is 322 g/mol. The molecular formula is C11H13BrFNO4. The highest BCUT2D eigenvalue weighted by Gasteiger charge is 2.23. The maximum atomic E-state index is 13.7. The first kappa shape index (κ1) is 14.7. The zero-order valence-electron chi connectivity index (χ0n) is 9.87. The Labute approximate surface area is 112 Å². The number of carbonyl (C=O) groups is 1. The van der Waals surface area contributed by atoms with Gasteiger partial charge in [0.15, 0.2) is 11.6 Å². The lowest BCUT2D eigenvalue weighted by Crippen LogP contribution is -2.16. The number of aliphatic carboxylic acids is 1. The minimum absolute atomic E-state index is 0.0156. The first-order valence-corrected chi connectivity index (χ1v) is 5.78. The number of carboxylic acids is 1. The third kappa shape index (κ3) is 2.91. The maximum absolute atomic E-state index is 13.7. The second-order valence-electron chi connectivity index (χ2n) is 3.53. The number of nitrogens with two attached hydrogens (primary N) is 1. The molecule has 0 aromatic heterocycles.